The fraction of sp³-hybridized carbons (Fsp3) is 0.324. The van der Waals surface area contributed by atoms with Crippen LogP contribution >= 0.6 is 0 Å². The van der Waals surface area contributed by atoms with Crippen LogP contribution in [0.5, 0.6) is 5.75 Å². The number of nitrogens with two attached hydrogens (primary N) is 1. The van der Waals surface area contributed by atoms with E-state index in [2.05, 4.69) is 53.8 Å². The van der Waals surface area contributed by atoms with Gasteiger partial charge in [-0.2, -0.15) is 13.2 Å². The van der Waals surface area contributed by atoms with Gasteiger partial charge < -0.3 is 26.2 Å². The number of nitrogens with one attached hydrogen (secondary N) is 1. The van der Waals surface area contributed by atoms with Crippen molar-refractivity contribution in [1.82, 2.24) is 5.32 Å². The number of carbonyl (C=O) groups is 3. The lowest BCUT2D eigenvalue weighted by atomic mass is 9.91. The number of phenols is 1. The van der Waals surface area contributed by atoms with Gasteiger partial charge in [-0.1, -0.05) is 54.6 Å². The Morgan fingerprint density at radius 3 is 2.15 bits per heavy atom. The lowest BCUT2D eigenvalue weighted by molar-refractivity contribution is -0.192. The minimum absolute atomic E-state index is 0.122. The van der Waals surface area contributed by atoms with Crippen molar-refractivity contribution >= 4 is 34.2 Å². The number of hydrogen-bond acceptors (Lipinski definition) is 5. The zero-order valence-corrected chi connectivity index (χ0v) is 26.7. The number of alkyl halides is 3. The highest BCUT2D eigenvalue weighted by molar-refractivity contribution is 5.98. The second kappa shape index (κ2) is 14.1. The third kappa shape index (κ3) is 8.14. The van der Waals surface area contributed by atoms with Crippen molar-refractivity contribution in [3.63, 3.8) is 0 Å². The summed E-state index contributed by atoms with van der Waals surface area (Å²) in [6.07, 6.45) is -1.39. The summed E-state index contributed by atoms with van der Waals surface area (Å²) in [5, 5.41) is 22.7. The molecule has 11 heteroatoms. The van der Waals surface area contributed by atoms with Crippen LogP contribution in [0.4, 0.5) is 18.9 Å². The number of benzene rings is 4. The van der Waals surface area contributed by atoms with Crippen LogP contribution in [0.3, 0.4) is 0 Å². The molecule has 0 radical (unpaired) electrons. The highest BCUT2D eigenvalue weighted by atomic mass is 19.4. The predicted octanol–water partition coefficient (Wildman–Crippen LogP) is 6.26. The average molecular weight is 662 g/mol. The normalized spacial score (nSPS) is 16.4. The smallest absolute Gasteiger partial charge is 0.490 e. The first kappa shape index (κ1) is 34.4. The number of phenolic OH excluding ortho intramolecular Hbond substituents is 1. The summed E-state index contributed by atoms with van der Waals surface area (Å²) in [4.78, 5) is 37.3. The Balaban J connectivity index is 0.000000582. The van der Waals surface area contributed by atoms with Gasteiger partial charge in [0, 0.05) is 18.2 Å². The molecule has 2 amide bonds. The van der Waals surface area contributed by atoms with Crippen LogP contribution in [0.2, 0.25) is 0 Å². The number of fused-ring (bicyclic) bond motifs is 2. The number of nitrogens with zero attached hydrogens (tertiary/aromatic N) is 1. The quantitative estimate of drug-likeness (QED) is 0.185. The Labute approximate surface area is 276 Å². The standard InChI is InChI=1S/C35H37N3O3.C2HF3O2/c1-21-15-28(39)16-22(2)29(21)20-31(36)34(40)37-32-13-14-38(35(41)26-10-11-26)33-12-8-24(19-30(32)33)17-23-7-9-25-5-3-4-6-27(25)18-23;3-2(4,5)1(6)7/h3-9,12,15-16,18-19,26,31-32,39H,10-11,13-14,17,20,36H2,1-2H3,(H,37,40);(H,6,7)/t31-,32+;/m0./s1. The van der Waals surface area contributed by atoms with E-state index in [0.717, 1.165) is 52.8 Å². The number of carboxylic acids is 1. The van der Waals surface area contributed by atoms with E-state index in [1.165, 1.54) is 16.3 Å². The zero-order valence-electron chi connectivity index (χ0n) is 26.7. The van der Waals surface area contributed by atoms with Crippen molar-refractivity contribution in [2.75, 3.05) is 11.4 Å². The molecular formula is C37H38F3N3O5. The largest absolute Gasteiger partial charge is 0.508 e. The van der Waals surface area contributed by atoms with Crippen LogP contribution in [0.1, 0.15) is 58.7 Å². The summed E-state index contributed by atoms with van der Waals surface area (Å²) in [6, 6.07) is 23.6. The fourth-order valence-electron chi connectivity index (χ4n) is 6.17. The topological polar surface area (TPSA) is 133 Å². The molecule has 0 aromatic heterocycles. The summed E-state index contributed by atoms with van der Waals surface area (Å²) in [6.45, 7) is 4.42. The van der Waals surface area contributed by atoms with E-state index in [9.17, 15) is 27.9 Å². The van der Waals surface area contributed by atoms with E-state index in [1.807, 2.05) is 30.9 Å². The minimum atomic E-state index is -5.08. The Kier molecular flexibility index (Phi) is 10.1. The molecule has 0 bridgehead atoms. The molecule has 1 aliphatic carbocycles. The molecule has 0 unspecified atom stereocenters. The van der Waals surface area contributed by atoms with Gasteiger partial charge in [-0.05, 0) is 108 Å². The summed E-state index contributed by atoms with van der Waals surface area (Å²) in [7, 11) is 0. The Hall–Kier alpha value is -4.90. The van der Waals surface area contributed by atoms with Crippen molar-refractivity contribution in [2.24, 2.45) is 11.7 Å². The molecule has 4 aromatic carbocycles. The van der Waals surface area contributed by atoms with Gasteiger partial charge in [-0.25, -0.2) is 4.79 Å². The molecule has 1 fully saturated rings. The Morgan fingerprint density at radius 2 is 1.52 bits per heavy atom. The molecule has 1 saturated carbocycles. The number of carboxylic acid groups (broad SMARTS) is 1. The first-order chi connectivity index (χ1) is 22.7. The number of anilines is 1. The van der Waals surface area contributed by atoms with E-state index < -0.39 is 18.2 Å². The van der Waals surface area contributed by atoms with E-state index in [0.29, 0.717) is 19.4 Å². The van der Waals surface area contributed by atoms with Crippen LogP contribution in [-0.4, -0.2) is 46.8 Å². The highest BCUT2D eigenvalue weighted by Gasteiger charge is 2.39. The third-order valence-electron chi connectivity index (χ3n) is 8.81. The molecule has 2 aliphatic rings. The van der Waals surface area contributed by atoms with Gasteiger partial charge in [0.15, 0.2) is 0 Å². The Morgan fingerprint density at radius 1 is 0.917 bits per heavy atom. The van der Waals surface area contributed by atoms with Gasteiger partial charge in [-0.15, -0.1) is 0 Å². The van der Waals surface area contributed by atoms with Crippen LogP contribution < -0.4 is 16.0 Å². The minimum Gasteiger partial charge on any atom is -0.508 e. The SMILES string of the molecule is Cc1cc(O)cc(C)c1C[C@H](N)C(=O)N[C@@H]1CCN(C(=O)C2CC2)c2ccc(Cc3ccc4ccccc4c3)cc21.O=C(O)C(F)(F)F. The monoisotopic (exact) mass is 661 g/mol. The molecule has 2 atom stereocenters. The molecule has 1 aliphatic heterocycles. The Bertz CT molecular complexity index is 1830. The van der Waals surface area contributed by atoms with E-state index in [-0.39, 0.29) is 29.5 Å². The van der Waals surface area contributed by atoms with E-state index >= 15 is 0 Å². The van der Waals surface area contributed by atoms with Crippen LogP contribution in [0, 0.1) is 19.8 Å². The van der Waals surface area contributed by atoms with Crippen LogP contribution in [0.15, 0.2) is 72.8 Å². The van der Waals surface area contributed by atoms with Gasteiger partial charge >= 0.3 is 12.1 Å². The molecule has 8 nitrogen and oxygen atoms in total. The summed E-state index contributed by atoms with van der Waals surface area (Å²) in [5.74, 6) is -2.45. The van der Waals surface area contributed by atoms with E-state index in [4.69, 9.17) is 15.6 Å². The average Bonchev–Trinajstić information content (AvgIpc) is 3.88. The third-order valence-corrected chi connectivity index (χ3v) is 8.81. The summed E-state index contributed by atoms with van der Waals surface area (Å²) in [5.41, 5.74) is 13.5. The molecule has 6 rings (SSSR count). The number of carbonyl (C=O) groups excluding carboxylic acids is 2. The van der Waals surface area contributed by atoms with Crippen molar-refractivity contribution in [3.05, 3.63) is 106 Å². The van der Waals surface area contributed by atoms with Gasteiger partial charge in [0.2, 0.25) is 11.8 Å². The lowest BCUT2D eigenvalue weighted by Crippen LogP contribution is -2.47. The molecule has 0 spiro atoms. The molecule has 5 N–H and O–H groups in total. The van der Waals surface area contributed by atoms with E-state index in [1.54, 1.807) is 12.1 Å². The zero-order chi connectivity index (χ0) is 34.7. The second-order valence-electron chi connectivity index (χ2n) is 12.5. The van der Waals surface area contributed by atoms with Gasteiger partial charge in [0.1, 0.15) is 5.75 Å². The highest BCUT2D eigenvalue weighted by Crippen LogP contribution is 2.39. The number of aliphatic carboxylic acids is 1. The molecule has 48 heavy (non-hydrogen) atoms. The van der Waals surface area contributed by atoms with Gasteiger partial charge in [-0.3, -0.25) is 9.59 Å². The second-order valence-corrected chi connectivity index (χ2v) is 12.5. The molecular weight excluding hydrogens is 623 g/mol. The van der Waals surface area contributed by atoms with Crippen molar-refractivity contribution in [2.45, 2.75) is 64.2 Å². The fourth-order valence-corrected chi connectivity index (χ4v) is 6.17. The number of hydrogen-bond donors (Lipinski definition) is 4. The summed E-state index contributed by atoms with van der Waals surface area (Å²) < 4.78 is 31.7. The first-order valence-electron chi connectivity index (χ1n) is 15.8. The molecule has 4 aromatic rings. The number of aromatic hydroxyl groups is 1. The van der Waals surface area contributed by atoms with Gasteiger partial charge in [0.05, 0.1) is 12.1 Å². The predicted molar refractivity (Wildman–Crippen MR) is 177 cm³/mol. The number of rotatable bonds is 7. The van der Waals surface area contributed by atoms with Crippen molar-refractivity contribution in [1.29, 1.82) is 0 Å². The van der Waals surface area contributed by atoms with Crippen LogP contribution in [-0.2, 0) is 27.2 Å². The molecule has 252 valence electrons. The maximum Gasteiger partial charge on any atom is 0.490 e. The summed E-state index contributed by atoms with van der Waals surface area (Å²) >= 11 is 0. The molecule has 1 heterocycles. The maximum absolute atomic E-state index is 13.4. The number of halogens is 3. The van der Waals surface area contributed by atoms with Gasteiger partial charge in [0.25, 0.3) is 0 Å². The first-order valence-corrected chi connectivity index (χ1v) is 15.8. The number of amides is 2. The molecule has 0 saturated heterocycles. The maximum atomic E-state index is 13.4. The van der Waals surface area contributed by atoms with Crippen LogP contribution in [0.25, 0.3) is 10.8 Å². The van der Waals surface area contributed by atoms with Crippen molar-refractivity contribution in [3.8, 4) is 5.75 Å². The lowest BCUT2D eigenvalue weighted by Gasteiger charge is -2.35. The van der Waals surface area contributed by atoms with Crippen molar-refractivity contribution < 1.29 is 37.8 Å². The number of aryl methyl sites for hydroxylation is 2.